The smallest absolute Gasteiger partial charge is 0.347 e. The van der Waals surface area contributed by atoms with E-state index < -0.39 is 18.0 Å². The average Bonchev–Trinajstić information content (AvgIpc) is 2.68. The predicted octanol–water partition coefficient (Wildman–Crippen LogP) is 4.17. The van der Waals surface area contributed by atoms with Crippen molar-refractivity contribution in [1.82, 2.24) is 0 Å². The van der Waals surface area contributed by atoms with E-state index in [4.69, 9.17) is 14.2 Å². The fourth-order valence-corrected chi connectivity index (χ4v) is 2.39. The second-order valence-corrected chi connectivity index (χ2v) is 6.26. The molecule has 1 atom stereocenters. The molecule has 0 heterocycles. The molecule has 0 saturated carbocycles. The summed E-state index contributed by atoms with van der Waals surface area (Å²) >= 11 is 0. The zero-order valence-corrected chi connectivity index (χ0v) is 16.3. The lowest BCUT2D eigenvalue weighted by Crippen LogP contribution is -2.26. The van der Waals surface area contributed by atoms with Gasteiger partial charge in [-0.05, 0) is 48.7 Å². The van der Waals surface area contributed by atoms with E-state index in [1.54, 1.807) is 36.4 Å². The largest absolute Gasteiger partial charge is 0.463 e. The first-order valence-corrected chi connectivity index (χ1v) is 9.17. The lowest BCUT2D eigenvalue weighted by Gasteiger charge is -2.13. The second-order valence-electron chi connectivity index (χ2n) is 6.26. The van der Waals surface area contributed by atoms with Gasteiger partial charge in [0.2, 0.25) is 0 Å². The van der Waals surface area contributed by atoms with Crippen LogP contribution >= 0.6 is 0 Å². The lowest BCUT2D eigenvalue weighted by atomic mass is 10.0. The molecule has 0 spiro atoms. The SMILES string of the molecule is CCCCOC(=O)C(C)OC(=O)c1ccc(-c2ccc(OC(C)=O)cc2)cc1. The van der Waals surface area contributed by atoms with Crippen molar-refractivity contribution in [3.63, 3.8) is 0 Å². The Hall–Kier alpha value is -3.15. The summed E-state index contributed by atoms with van der Waals surface area (Å²) in [6.07, 6.45) is 0.730. The molecule has 148 valence electrons. The maximum absolute atomic E-state index is 12.2. The van der Waals surface area contributed by atoms with Gasteiger partial charge in [0, 0.05) is 6.92 Å². The van der Waals surface area contributed by atoms with E-state index in [0.29, 0.717) is 17.9 Å². The van der Waals surface area contributed by atoms with Crippen LogP contribution < -0.4 is 4.74 Å². The van der Waals surface area contributed by atoms with Crippen molar-refractivity contribution in [2.24, 2.45) is 0 Å². The van der Waals surface area contributed by atoms with Crippen molar-refractivity contribution in [1.29, 1.82) is 0 Å². The van der Waals surface area contributed by atoms with Gasteiger partial charge >= 0.3 is 17.9 Å². The topological polar surface area (TPSA) is 78.9 Å². The van der Waals surface area contributed by atoms with Crippen LogP contribution in [0.5, 0.6) is 5.75 Å². The molecule has 0 aliphatic heterocycles. The summed E-state index contributed by atoms with van der Waals surface area (Å²) in [5.74, 6) is -1.04. The predicted molar refractivity (Wildman–Crippen MR) is 104 cm³/mol. The van der Waals surface area contributed by atoms with Crippen molar-refractivity contribution < 1.29 is 28.6 Å². The van der Waals surface area contributed by atoms with E-state index in [2.05, 4.69) is 0 Å². The van der Waals surface area contributed by atoms with Crippen LogP contribution in [0.25, 0.3) is 11.1 Å². The van der Waals surface area contributed by atoms with Crippen molar-refractivity contribution in [2.45, 2.75) is 39.7 Å². The minimum Gasteiger partial charge on any atom is -0.463 e. The highest BCUT2D eigenvalue weighted by molar-refractivity contribution is 5.92. The van der Waals surface area contributed by atoms with Crippen molar-refractivity contribution >= 4 is 17.9 Å². The highest BCUT2D eigenvalue weighted by Gasteiger charge is 2.20. The number of hydrogen-bond acceptors (Lipinski definition) is 6. The molecule has 0 fully saturated rings. The number of carbonyl (C=O) groups excluding carboxylic acids is 3. The van der Waals surface area contributed by atoms with Crippen LogP contribution in [0.2, 0.25) is 0 Å². The molecule has 0 bridgehead atoms. The van der Waals surface area contributed by atoms with Crippen LogP contribution in [0.1, 0.15) is 44.0 Å². The molecule has 2 rings (SSSR count). The van der Waals surface area contributed by atoms with Crippen LogP contribution in [0.15, 0.2) is 48.5 Å². The molecule has 0 aliphatic carbocycles. The second kappa shape index (κ2) is 10.3. The number of hydrogen-bond donors (Lipinski definition) is 0. The molecule has 0 aromatic heterocycles. The number of carbonyl (C=O) groups is 3. The first-order chi connectivity index (χ1) is 13.4. The van der Waals surface area contributed by atoms with Gasteiger partial charge in [-0.25, -0.2) is 9.59 Å². The highest BCUT2D eigenvalue weighted by atomic mass is 16.6. The minimum absolute atomic E-state index is 0.322. The molecule has 0 saturated heterocycles. The third-order valence-electron chi connectivity index (χ3n) is 3.93. The summed E-state index contributed by atoms with van der Waals surface area (Å²) < 4.78 is 15.2. The van der Waals surface area contributed by atoms with Crippen LogP contribution in [0, 0.1) is 0 Å². The van der Waals surface area contributed by atoms with Gasteiger partial charge in [-0.2, -0.15) is 0 Å². The van der Waals surface area contributed by atoms with Crippen LogP contribution in [0.3, 0.4) is 0 Å². The fourth-order valence-electron chi connectivity index (χ4n) is 2.39. The number of ether oxygens (including phenoxy) is 3. The van der Waals surface area contributed by atoms with E-state index in [1.165, 1.54) is 13.8 Å². The Kier molecular flexibility index (Phi) is 7.75. The highest BCUT2D eigenvalue weighted by Crippen LogP contribution is 2.23. The van der Waals surface area contributed by atoms with Crippen molar-refractivity contribution in [2.75, 3.05) is 6.61 Å². The minimum atomic E-state index is -0.960. The zero-order chi connectivity index (χ0) is 20.5. The summed E-state index contributed by atoms with van der Waals surface area (Å²) in [4.78, 5) is 35.0. The molecular formula is C22H24O6. The summed E-state index contributed by atoms with van der Waals surface area (Å²) in [6.45, 7) is 5.15. The summed E-state index contributed by atoms with van der Waals surface area (Å²) in [7, 11) is 0. The molecule has 2 aromatic carbocycles. The monoisotopic (exact) mass is 384 g/mol. The summed E-state index contributed by atoms with van der Waals surface area (Å²) in [5.41, 5.74) is 2.13. The molecule has 0 amide bonds. The molecule has 28 heavy (non-hydrogen) atoms. The maximum atomic E-state index is 12.2. The third-order valence-corrected chi connectivity index (χ3v) is 3.93. The van der Waals surface area contributed by atoms with Gasteiger partial charge in [0.25, 0.3) is 0 Å². The molecule has 6 heteroatoms. The van der Waals surface area contributed by atoms with E-state index in [1.807, 2.05) is 19.1 Å². The van der Waals surface area contributed by atoms with Gasteiger partial charge in [-0.1, -0.05) is 37.6 Å². The van der Waals surface area contributed by atoms with Crippen LogP contribution in [-0.4, -0.2) is 30.6 Å². The lowest BCUT2D eigenvalue weighted by molar-refractivity contribution is -0.153. The molecular weight excluding hydrogens is 360 g/mol. The Morgan fingerprint density at radius 1 is 0.929 bits per heavy atom. The molecule has 1 unspecified atom stereocenters. The van der Waals surface area contributed by atoms with Crippen LogP contribution in [-0.2, 0) is 19.1 Å². The van der Waals surface area contributed by atoms with Crippen molar-refractivity contribution in [3.05, 3.63) is 54.1 Å². The number of rotatable bonds is 8. The summed E-state index contributed by atoms with van der Waals surface area (Å²) in [6, 6.07) is 13.9. The number of benzene rings is 2. The maximum Gasteiger partial charge on any atom is 0.347 e. The van der Waals surface area contributed by atoms with Gasteiger partial charge in [-0.15, -0.1) is 0 Å². The van der Waals surface area contributed by atoms with Gasteiger partial charge in [0.1, 0.15) is 5.75 Å². The van der Waals surface area contributed by atoms with E-state index in [-0.39, 0.29) is 5.97 Å². The van der Waals surface area contributed by atoms with Gasteiger partial charge < -0.3 is 14.2 Å². The molecule has 2 aromatic rings. The number of unbranched alkanes of at least 4 members (excludes halogenated alkanes) is 1. The Morgan fingerprint density at radius 2 is 1.50 bits per heavy atom. The number of esters is 3. The standard InChI is InChI=1S/C22H24O6/c1-4-5-14-26-21(24)15(2)27-22(25)19-8-6-17(7-9-19)18-10-12-20(13-11-18)28-16(3)23/h6-13,15H,4-5,14H2,1-3H3. The first kappa shape index (κ1) is 21.2. The molecule has 0 radical (unpaired) electrons. The summed E-state index contributed by atoms with van der Waals surface area (Å²) in [5, 5.41) is 0. The molecule has 0 aliphatic rings. The first-order valence-electron chi connectivity index (χ1n) is 9.17. The fraction of sp³-hybridized carbons (Fsp3) is 0.318. The Bertz CT molecular complexity index is 808. The normalized spacial score (nSPS) is 11.4. The average molecular weight is 384 g/mol. The Balaban J connectivity index is 1.96. The van der Waals surface area contributed by atoms with E-state index >= 15 is 0 Å². The molecule has 6 nitrogen and oxygen atoms in total. The van der Waals surface area contributed by atoms with Gasteiger partial charge in [0.05, 0.1) is 12.2 Å². The zero-order valence-electron chi connectivity index (χ0n) is 16.3. The third kappa shape index (κ3) is 6.23. The van der Waals surface area contributed by atoms with E-state index in [0.717, 1.165) is 24.0 Å². The quantitative estimate of drug-likeness (QED) is 0.386. The Morgan fingerprint density at radius 3 is 2.04 bits per heavy atom. The van der Waals surface area contributed by atoms with Gasteiger partial charge in [0.15, 0.2) is 6.10 Å². The van der Waals surface area contributed by atoms with Gasteiger partial charge in [-0.3, -0.25) is 4.79 Å². The van der Waals surface area contributed by atoms with E-state index in [9.17, 15) is 14.4 Å². The van der Waals surface area contributed by atoms with Crippen molar-refractivity contribution in [3.8, 4) is 16.9 Å². The van der Waals surface area contributed by atoms with Crippen LogP contribution in [0.4, 0.5) is 0 Å². The Labute approximate surface area is 164 Å². The molecule has 0 N–H and O–H groups in total.